The average Bonchev–Trinajstić information content (AvgIpc) is 2.01. The van der Waals surface area contributed by atoms with Crippen molar-refractivity contribution in [1.82, 2.24) is 4.98 Å². The van der Waals surface area contributed by atoms with Crippen molar-refractivity contribution in [1.29, 1.82) is 0 Å². The minimum absolute atomic E-state index is 0.503. The van der Waals surface area contributed by atoms with Crippen LogP contribution in [-0.4, -0.2) is 11.6 Å². The first-order chi connectivity index (χ1) is 5.33. The molecule has 1 aromatic heterocycles. The lowest BCUT2D eigenvalue weighted by Gasteiger charge is -1.98. The number of nitrogens with two attached hydrogens (primary N) is 1. The molecule has 0 radical (unpaired) electrons. The van der Waals surface area contributed by atoms with E-state index in [0.717, 1.165) is 16.7 Å². The molecule has 0 aliphatic carbocycles. The molecule has 3 nitrogen and oxygen atoms in total. The lowest BCUT2D eigenvalue weighted by molar-refractivity contribution is 0.140. The third kappa shape index (κ3) is 2.96. The number of pyridine rings is 1. The summed E-state index contributed by atoms with van der Waals surface area (Å²) >= 11 is 3.27. The molecule has 60 valence electrons. The molecule has 0 amide bonds. The van der Waals surface area contributed by atoms with E-state index in [-0.39, 0.29) is 0 Å². The fraction of sp³-hybridized carbons (Fsp3) is 0.286. The lowest BCUT2D eigenvalue weighted by Crippen LogP contribution is -2.04. The van der Waals surface area contributed by atoms with Gasteiger partial charge in [-0.2, -0.15) is 0 Å². The maximum atomic E-state index is 4.87. The topological polar surface area (TPSA) is 48.1 Å². The van der Waals surface area contributed by atoms with Crippen LogP contribution in [0.5, 0.6) is 0 Å². The molecule has 0 fully saturated rings. The highest BCUT2D eigenvalue weighted by molar-refractivity contribution is 9.10. The second kappa shape index (κ2) is 4.43. The molecule has 0 aliphatic rings. The Morgan fingerprint density at radius 1 is 1.55 bits per heavy atom. The number of rotatable bonds is 3. The van der Waals surface area contributed by atoms with Crippen LogP contribution in [0.15, 0.2) is 22.8 Å². The van der Waals surface area contributed by atoms with Crippen LogP contribution in [-0.2, 0) is 11.3 Å². The summed E-state index contributed by atoms with van der Waals surface area (Å²) < 4.78 is 0.840. The number of hydrogen-bond donors (Lipinski definition) is 1. The molecular weight excluding hydrogens is 208 g/mol. The van der Waals surface area contributed by atoms with Crippen molar-refractivity contribution in [3.63, 3.8) is 0 Å². The van der Waals surface area contributed by atoms with E-state index in [1.807, 2.05) is 18.2 Å². The predicted octanol–water partition coefficient (Wildman–Crippen LogP) is 1.28. The van der Waals surface area contributed by atoms with Gasteiger partial charge in [0.05, 0.1) is 6.61 Å². The SMILES string of the molecule is NOCCc1cccc(Br)n1. The molecule has 0 unspecified atom stereocenters. The van der Waals surface area contributed by atoms with Crippen LogP contribution in [0.2, 0.25) is 0 Å². The summed E-state index contributed by atoms with van der Waals surface area (Å²) in [5.74, 6) is 4.87. The van der Waals surface area contributed by atoms with Gasteiger partial charge in [0.1, 0.15) is 4.60 Å². The Bertz CT molecular complexity index is 229. The van der Waals surface area contributed by atoms with Gasteiger partial charge in [0.25, 0.3) is 0 Å². The second-order valence-electron chi connectivity index (χ2n) is 2.07. The highest BCUT2D eigenvalue weighted by atomic mass is 79.9. The molecule has 0 saturated carbocycles. The van der Waals surface area contributed by atoms with Crippen LogP contribution >= 0.6 is 15.9 Å². The van der Waals surface area contributed by atoms with Crippen molar-refractivity contribution in [3.05, 3.63) is 28.5 Å². The van der Waals surface area contributed by atoms with Crippen LogP contribution in [0.3, 0.4) is 0 Å². The molecule has 2 N–H and O–H groups in total. The number of halogens is 1. The van der Waals surface area contributed by atoms with E-state index in [0.29, 0.717) is 6.61 Å². The van der Waals surface area contributed by atoms with Crippen LogP contribution in [0.4, 0.5) is 0 Å². The Hall–Kier alpha value is -0.450. The quantitative estimate of drug-likeness (QED) is 0.612. The summed E-state index contributed by atoms with van der Waals surface area (Å²) in [6.45, 7) is 0.503. The highest BCUT2D eigenvalue weighted by Crippen LogP contribution is 2.06. The summed E-state index contributed by atoms with van der Waals surface area (Å²) in [6, 6.07) is 5.75. The van der Waals surface area contributed by atoms with Crippen molar-refractivity contribution in [3.8, 4) is 0 Å². The summed E-state index contributed by atoms with van der Waals surface area (Å²) in [6.07, 6.45) is 0.746. The van der Waals surface area contributed by atoms with E-state index in [1.165, 1.54) is 0 Å². The van der Waals surface area contributed by atoms with Gasteiger partial charge >= 0.3 is 0 Å². The zero-order valence-electron chi connectivity index (χ0n) is 5.96. The van der Waals surface area contributed by atoms with Gasteiger partial charge in [-0.05, 0) is 28.1 Å². The van der Waals surface area contributed by atoms with Crippen molar-refractivity contribution in [2.45, 2.75) is 6.42 Å². The van der Waals surface area contributed by atoms with Gasteiger partial charge < -0.3 is 4.84 Å². The molecule has 0 aliphatic heterocycles. The molecule has 1 rings (SSSR count). The maximum absolute atomic E-state index is 4.87. The van der Waals surface area contributed by atoms with Gasteiger partial charge in [-0.1, -0.05) is 6.07 Å². The van der Waals surface area contributed by atoms with Gasteiger partial charge in [0.15, 0.2) is 0 Å². The molecule has 1 heterocycles. The monoisotopic (exact) mass is 216 g/mol. The molecular formula is C7H9BrN2O. The van der Waals surface area contributed by atoms with Gasteiger partial charge in [0.2, 0.25) is 0 Å². The van der Waals surface area contributed by atoms with Gasteiger partial charge in [-0.3, -0.25) is 0 Å². The largest absolute Gasteiger partial charge is 0.304 e. The Labute approximate surface area is 73.7 Å². The standard InChI is InChI=1S/C7H9BrN2O/c8-7-3-1-2-6(10-7)4-5-11-9/h1-3H,4-5,9H2. The zero-order valence-corrected chi connectivity index (χ0v) is 7.54. The molecule has 11 heavy (non-hydrogen) atoms. The molecule has 0 atom stereocenters. The normalized spacial score (nSPS) is 10.0. The highest BCUT2D eigenvalue weighted by Gasteiger charge is 1.93. The molecule has 0 saturated heterocycles. The number of nitrogens with zero attached hydrogens (tertiary/aromatic N) is 1. The molecule has 0 bridgehead atoms. The average molecular weight is 217 g/mol. The van der Waals surface area contributed by atoms with Crippen molar-refractivity contribution < 1.29 is 4.84 Å². The number of aromatic nitrogens is 1. The lowest BCUT2D eigenvalue weighted by atomic mass is 10.3. The van der Waals surface area contributed by atoms with Gasteiger partial charge in [-0.15, -0.1) is 0 Å². The smallest absolute Gasteiger partial charge is 0.106 e. The third-order valence-corrected chi connectivity index (χ3v) is 1.69. The van der Waals surface area contributed by atoms with E-state index in [1.54, 1.807) is 0 Å². The summed E-state index contributed by atoms with van der Waals surface area (Å²) in [4.78, 5) is 8.62. The molecule has 1 aromatic rings. The Kier molecular flexibility index (Phi) is 3.48. The first-order valence-corrected chi connectivity index (χ1v) is 4.05. The van der Waals surface area contributed by atoms with Crippen LogP contribution in [0.25, 0.3) is 0 Å². The molecule has 0 spiro atoms. The first-order valence-electron chi connectivity index (χ1n) is 3.26. The Morgan fingerprint density at radius 2 is 2.36 bits per heavy atom. The predicted molar refractivity (Wildman–Crippen MR) is 45.8 cm³/mol. The van der Waals surface area contributed by atoms with E-state index in [4.69, 9.17) is 5.90 Å². The van der Waals surface area contributed by atoms with E-state index in [2.05, 4.69) is 25.8 Å². The van der Waals surface area contributed by atoms with Gasteiger partial charge in [0, 0.05) is 12.1 Å². The van der Waals surface area contributed by atoms with Crippen molar-refractivity contribution >= 4 is 15.9 Å². The fourth-order valence-corrected chi connectivity index (χ4v) is 1.13. The fourth-order valence-electron chi connectivity index (χ4n) is 0.753. The molecule has 4 heteroatoms. The van der Waals surface area contributed by atoms with Crippen molar-refractivity contribution in [2.75, 3.05) is 6.61 Å². The van der Waals surface area contributed by atoms with Crippen molar-refractivity contribution in [2.24, 2.45) is 5.90 Å². The van der Waals surface area contributed by atoms with E-state index >= 15 is 0 Å². The van der Waals surface area contributed by atoms with Crippen LogP contribution in [0.1, 0.15) is 5.69 Å². The maximum Gasteiger partial charge on any atom is 0.106 e. The summed E-state index contributed by atoms with van der Waals surface area (Å²) in [5.41, 5.74) is 0.977. The van der Waals surface area contributed by atoms with E-state index in [9.17, 15) is 0 Å². The van der Waals surface area contributed by atoms with E-state index < -0.39 is 0 Å². The minimum Gasteiger partial charge on any atom is -0.304 e. The molecule has 0 aromatic carbocycles. The third-order valence-electron chi connectivity index (χ3n) is 1.25. The first kappa shape index (κ1) is 8.64. The second-order valence-corrected chi connectivity index (χ2v) is 2.88. The number of hydrogen-bond acceptors (Lipinski definition) is 3. The summed E-state index contributed by atoms with van der Waals surface area (Å²) in [5, 5.41) is 0. The van der Waals surface area contributed by atoms with Crippen LogP contribution in [0, 0.1) is 0 Å². The Morgan fingerprint density at radius 3 is 3.00 bits per heavy atom. The Balaban J connectivity index is 2.56. The van der Waals surface area contributed by atoms with Gasteiger partial charge in [-0.25, -0.2) is 10.9 Å². The van der Waals surface area contributed by atoms with Crippen LogP contribution < -0.4 is 5.90 Å². The zero-order chi connectivity index (χ0) is 8.10. The minimum atomic E-state index is 0.503. The summed E-state index contributed by atoms with van der Waals surface area (Å²) in [7, 11) is 0.